The maximum absolute atomic E-state index is 13.9. The molecule has 0 unspecified atom stereocenters. The first kappa shape index (κ1) is 33.3. The van der Waals surface area contributed by atoms with Gasteiger partial charge in [-0.05, 0) is 125 Å². The van der Waals surface area contributed by atoms with E-state index in [1.54, 1.807) is 13.0 Å². The topological polar surface area (TPSA) is 108 Å². The molecule has 0 bridgehead atoms. The van der Waals surface area contributed by atoms with Crippen LogP contribution in [0.4, 0.5) is 0 Å². The summed E-state index contributed by atoms with van der Waals surface area (Å²) in [6.07, 6.45) is 7.36. The number of fused-ring (bicyclic) bond motifs is 5. The number of ether oxygens (including phenoxy) is 2. The van der Waals surface area contributed by atoms with Gasteiger partial charge in [0.2, 0.25) is 0 Å². The summed E-state index contributed by atoms with van der Waals surface area (Å²) in [5.41, 5.74) is -1.36. The molecule has 1 aromatic carbocycles. The van der Waals surface area contributed by atoms with E-state index in [-0.39, 0.29) is 41.0 Å². The van der Waals surface area contributed by atoms with E-state index in [4.69, 9.17) is 9.47 Å². The lowest BCUT2D eigenvalue weighted by Gasteiger charge is -2.60. The first-order valence-corrected chi connectivity index (χ1v) is 17.7. The van der Waals surface area contributed by atoms with Crippen molar-refractivity contribution in [3.8, 4) is 0 Å². The Morgan fingerprint density at radius 1 is 1.11 bits per heavy atom. The van der Waals surface area contributed by atoms with Gasteiger partial charge >= 0.3 is 0 Å². The number of hydrogen-bond acceptors (Lipinski definition) is 7. The molecule has 1 heterocycles. The third kappa shape index (κ3) is 5.47. The lowest BCUT2D eigenvalue weighted by atomic mass is 9.46. The van der Waals surface area contributed by atoms with E-state index in [9.17, 15) is 20.1 Å². The summed E-state index contributed by atoms with van der Waals surface area (Å²) in [7, 11) is 1.93. The van der Waals surface area contributed by atoms with Crippen molar-refractivity contribution in [1.82, 2.24) is 5.32 Å². The Kier molecular flexibility index (Phi) is 9.21. The van der Waals surface area contributed by atoms with Gasteiger partial charge in [-0.15, -0.1) is 0 Å². The Balaban J connectivity index is 1.19. The van der Waals surface area contributed by atoms with Crippen molar-refractivity contribution in [3.63, 3.8) is 0 Å². The van der Waals surface area contributed by atoms with Gasteiger partial charge in [-0.2, -0.15) is 0 Å². The van der Waals surface area contributed by atoms with Crippen molar-refractivity contribution in [1.29, 1.82) is 0 Å². The summed E-state index contributed by atoms with van der Waals surface area (Å²) in [6, 6.07) is 10.4. The van der Waals surface area contributed by atoms with Crippen LogP contribution in [0.15, 0.2) is 42.0 Å². The molecule has 1 saturated heterocycles. The van der Waals surface area contributed by atoms with E-state index in [0.29, 0.717) is 32.0 Å². The van der Waals surface area contributed by atoms with Crippen molar-refractivity contribution >= 4 is 5.78 Å². The largest absolute Gasteiger partial charge is 0.387 e. The molecule has 12 atom stereocenters. The predicted molar refractivity (Wildman–Crippen MR) is 174 cm³/mol. The van der Waals surface area contributed by atoms with Gasteiger partial charge < -0.3 is 30.1 Å². The van der Waals surface area contributed by atoms with Gasteiger partial charge in [-0.25, -0.2) is 0 Å². The van der Waals surface area contributed by atoms with Crippen molar-refractivity contribution in [2.75, 3.05) is 26.8 Å². The number of rotatable bonds is 10. The van der Waals surface area contributed by atoms with Crippen LogP contribution in [0.3, 0.4) is 0 Å². The van der Waals surface area contributed by atoms with E-state index in [1.165, 1.54) is 5.56 Å². The van der Waals surface area contributed by atoms with Gasteiger partial charge in [0.05, 0.1) is 36.6 Å². The Labute approximate surface area is 270 Å². The van der Waals surface area contributed by atoms with Crippen LogP contribution in [0, 0.1) is 40.4 Å². The third-order valence-corrected chi connectivity index (χ3v) is 13.7. The Morgan fingerprint density at radius 3 is 2.60 bits per heavy atom. The van der Waals surface area contributed by atoms with Crippen LogP contribution in [-0.4, -0.2) is 77.4 Å². The van der Waals surface area contributed by atoms with Crippen LogP contribution < -0.4 is 5.32 Å². The quantitative estimate of drug-likeness (QED) is 0.295. The van der Waals surface area contributed by atoms with Crippen LogP contribution in [0.25, 0.3) is 0 Å². The van der Waals surface area contributed by atoms with Gasteiger partial charge in [0, 0.05) is 11.3 Å². The Bertz CT molecular complexity index is 1250. The smallest absolute Gasteiger partial charge is 0.159 e. The first-order valence-electron chi connectivity index (χ1n) is 17.7. The number of aliphatic hydroxyl groups excluding tert-OH is 1. The molecule has 5 aliphatic rings. The van der Waals surface area contributed by atoms with Crippen molar-refractivity contribution in [2.24, 2.45) is 40.4 Å². The SMILES string of the molecule is CNCC[C@H]1[C@@H]([C@@H](O)[C@@](C)(O)[C@@H]2CC[C@]3(O)C4=CC(=O)[C@H]5C[C@@H](OCCc6ccccc6)CC[C@]5(C)[C@@H]4CC[C@]23C)OC[C@H]1C. The van der Waals surface area contributed by atoms with E-state index in [1.807, 2.05) is 13.1 Å². The summed E-state index contributed by atoms with van der Waals surface area (Å²) in [5.74, 6) is 0.266. The number of hydrogen-bond donors (Lipinski definition) is 4. The number of allylic oxidation sites excluding steroid dienone is 1. The van der Waals surface area contributed by atoms with Crippen LogP contribution in [0.1, 0.15) is 84.6 Å². The summed E-state index contributed by atoms with van der Waals surface area (Å²) >= 11 is 0. The Hall–Kier alpha value is -1.61. The maximum Gasteiger partial charge on any atom is 0.159 e. The molecule has 6 rings (SSSR count). The molecular formula is C38H57NO6. The van der Waals surface area contributed by atoms with Crippen LogP contribution >= 0.6 is 0 Å². The summed E-state index contributed by atoms with van der Waals surface area (Å²) in [4.78, 5) is 13.9. The fraction of sp³-hybridized carbons (Fsp3) is 0.763. The number of carbonyl (C=O) groups is 1. The predicted octanol–water partition coefficient (Wildman–Crippen LogP) is 4.86. The maximum atomic E-state index is 13.9. The average Bonchev–Trinajstić information content (AvgIpc) is 3.53. The number of nitrogens with one attached hydrogen (secondary N) is 1. The molecule has 0 aromatic heterocycles. The molecule has 0 radical (unpaired) electrons. The molecule has 250 valence electrons. The second kappa shape index (κ2) is 12.4. The minimum Gasteiger partial charge on any atom is -0.387 e. The molecule has 1 aliphatic heterocycles. The summed E-state index contributed by atoms with van der Waals surface area (Å²) in [5, 5.41) is 39.9. The molecule has 0 amide bonds. The van der Waals surface area contributed by atoms with Crippen molar-refractivity contribution < 1.29 is 29.6 Å². The highest BCUT2D eigenvalue weighted by molar-refractivity contribution is 5.95. The molecule has 7 heteroatoms. The van der Waals surface area contributed by atoms with E-state index >= 15 is 0 Å². The van der Waals surface area contributed by atoms with Crippen molar-refractivity contribution in [3.05, 3.63) is 47.5 Å². The number of carbonyl (C=O) groups excluding carboxylic acids is 1. The molecule has 45 heavy (non-hydrogen) atoms. The average molecular weight is 624 g/mol. The molecule has 4 N–H and O–H groups in total. The summed E-state index contributed by atoms with van der Waals surface area (Å²) < 4.78 is 12.5. The fourth-order valence-corrected chi connectivity index (χ4v) is 10.8. The number of aliphatic hydroxyl groups is 3. The van der Waals surface area contributed by atoms with Crippen LogP contribution in [0.5, 0.6) is 0 Å². The molecule has 7 nitrogen and oxygen atoms in total. The minimum absolute atomic E-state index is 0.0764. The number of ketones is 1. The molecule has 3 saturated carbocycles. The zero-order valence-electron chi connectivity index (χ0n) is 28.1. The van der Waals surface area contributed by atoms with Gasteiger partial charge in [0.1, 0.15) is 6.10 Å². The second-order valence-electron chi connectivity index (χ2n) is 16.0. The number of benzene rings is 1. The highest BCUT2D eigenvalue weighted by atomic mass is 16.5. The van der Waals surface area contributed by atoms with Crippen molar-refractivity contribution in [2.45, 2.75) is 115 Å². The van der Waals surface area contributed by atoms with Gasteiger partial charge in [0.25, 0.3) is 0 Å². The third-order valence-electron chi connectivity index (χ3n) is 13.7. The highest BCUT2D eigenvalue weighted by Crippen LogP contribution is 2.68. The lowest BCUT2D eigenvalue weighted by molar-refractivity contribution is -0.194. The zero-order valence-corrected chi connectivity index (χ0v) is 28.1. The molecule has 4 fully saturated rings. The standard InChI is InChI=1S/C38H57NO6/c1-24-23-45-33(27(24)14-19-39-5)34(41)37(4,42)32-13-18-38(43)29-22-31(40)30-21-26(44-20-15-25-9-7-6-8-10-25)11-16-35(30,2)28(29)12-17-36(32,38)3/h6-10,22,24,26-28,30,32-34,39,41-43H,11-21,23H2,1-5H3/t24-,26+,27-,28-,30-,32-,33+,34-,35-,36-,37+,38+/m1/s1. The lowest BCUT2D eigenvalue weighted by Crippen LogP contribution is -2.63. The van der Waals surface area contributed by atoms with Gasteiger partial charge in [-0.3, -0.25) is 4.79 Å². The minimum atomic E-state index is -1.44. The fourth-order valence-electron chi connectivity index (χ4n) is 10.8. The summed E-state index contributed by atoms with van der Waals surface area (Å²) in [6.45, 7) is 10.3. The first-order chi connectivity index (χ1) is 21.4. The van der Waals surface area contributed by atoms with E-state index in [0.717, 1.165) is 57.1 Å². The molecule has 1 aromatic rings. The van der Waals surface area contributed by atoms with Crippen LogP contribution in [0.2, 0.25) is 0 Å². The van der Waals surface area contributed by atoms with Crippen LogP contribution in [-0.2, 0) is 20.7 Å². The zero-order chi connectivity index (χ0) is 32.2. The van der Waals surface area contributed by atoms with E-state index < -0.39 is 28.8 Å². The van der Waals surface area contributed by atoms with E-state index in [2.05, 4.69) is 50.4 Å². The van der Waals surface area contributed by atoms with Gasteiger partial charge in [0.15, 0.2) is 5.78 Å². The molecular weight excluding hydrogens is 566 g/mol. The van der Waals surface area contributed by atoms with Gasteiger partial charge in [-0.1, -0.05) is 51.1 Å². The monoisotopic (exact) mass is 623 g/mol. The normalized spacial score (nSPS) is 43.2. The second-order valence-corrected chi connectivity index (χ2v) is 16.0. The Morgan fingerprint density at radius 2 is 1.87 bits per heavy atom. The highest BCUT2D eigenvalue weighted by Gasteiger charge is 2.69. The molecule has 0 spiro atoms. The molecule has 4 aliphatic carbocycles.